The maximum Gasteiger partial charge on any atom is 0.211 e. The van der Waals surface area contributed by atoms with Gasteiger partial charge in [0.05, 0.1) is 20.5 Å². The molecule has 1 heterocycles. The van der Waals surface area contributed by atoms with Gasteiger partial charge in [-0.2, -0.15) is 0 Å². The van der Waals surface area contributed by atoms with E-state index < -0.39 is 10.0 Å². The molecule has 1 aliphatic rings. The summed E-state index contributed by atoms with van der Waals surface area (Å²) < 4.78 is 35.3. The molecular weight excluding hydrogens is 495 g/mol. The standard InChI is InChI=1S/C18H30N4O4S.HI/c1-5-19-18(21-15-6-7-16(25-2)17(12-15)26-3)20-13-14-8-10-22(11-9-14)27(4,23)24;/h6-7,12,14H,5,8-11,13H2,1-4H3,(H2,19,20,21);1H. The topological polar surface area (TPSA) is 92.3 Å². The van der Waals surface area contributed by atoms with E-state index in [1.807, 2.05) is 25.1 Å². The number of sulfonamides is 1. The Kier molecular flexibility index (Phi) is 10.3. The molecule has 1 aliphatic heterocycles. The number of guanidine groups is 1. The number of methoxy groups -OCH3 is 2. The fraction of sp³-hybridized carbons (Fsp3) is 0.611. The number of rotatable bonds is 7. The normalized spacial score (nSPS) is 16.2. The second kappa shape index (κ2) is 11.7. The molecule has 0 aromatic heterocycles. The Morgan fingerprint density at radius 3 is 2.39 bits per heavy atom. The molecule has 1 saturated heterocycles. The molecule has 2 rings (SSSR count). The van der Waals surface area contributed by atoms with E-state index in [-0.39, 0.29) is 24.0 Å². The third-order valence-corrected chi connectivity index (χ3v) is 5.84. The van der Waals surface area contributed by atoms with Crippen LogP contribution in [0.15, 0.2) is 23.2 Å². The van der Waals surface area contributed by atoms with Gasteiger partial charge in [0, 0.05) is 37.9 Å². The Bertz CT molecular complexity index is 750. The van der Waals surface area contributed by atoms with Crippen LogP contribution in [0.1, 0.15) is 19.8 Å². The Labute approximate surface area is 185 Å². The Hall–Kier alpha value is -1.27. The number of hydrogen-bond donors (Lipinski definition) is 2. The molecule has 0 bridgehead atoms. The molecule has 10 heteroatoms. The van der Waals surface area contributed by atoms with Gasteiger partial charge in [0.2, 0.25) is 10.0 Å². The number of aliphatic imine (C=N–C) groups is 1. The predicted molar refractivity (Wildman–Crippen MR) is 124 cm³/mol. The zero-order chi connectivity index (χ0) is 19.9. The number of benzene rings is 1. The maximum absolute atomic E-state index is 11.6. The van der Waals surface area contributed by atoms with Gasteiger partial charge in [-0.1, -0.05) is 0 Å². The van der Waals surface area contributed by atoms with Crippen molar-refractivity contribution in [2.75, 3.05) is 52.0 Å². The Morgan fingerprint density at radius 1 is 1.21 bits per heavy atom. The van der Waals surface area contributed by atoms with Gasteiger partial charge < -0.3 is 20.1 Å². The first kappa shape index (κ1) is 24.8. The maximum atomic E-state index is 11.6. The molecule has 0 amide bonds. The number of halogens is 1. The van der Waals surface area contributed by atoms with E-state index in [4.69, 9.17) is 9.47 Å². The van der Waals surface area contributed by atoms with Crippen LogP contribution in [0.25, 0.3) is 0 Å². The summed E-state index contributed by atoms with van der Waals surface area (Å²) in [5.41, 5.74) is 0.847. The fourth-order valence-corrected chi connectivity index (χ4v) is 3.88. The molecule has 1 aromatic rings. The molecule has 8 nitrogen and oxygen atoms in total. The second-order valence-electron chi connectivity index (χ2n) is 6.52. The van der Waals surface area contributed by atoms with Crippen molar-refractivity contribution in [3.63, 3.8) is 0 Å². The molecule has 28 heavy (non-hydrogen) atoms. The highest BCUT2D eigenvalue weighted by Crippen LogP contribution is 2.29. The summed E-state index contributed by atoms with van der Waals surface area (Å²) in [6, 6.07) is 5.60. The van der Waals surface area contributed by atoms with E-state index in [2.05, 4.69) is 15.6 Å². The van der Waals surface area contributed by atoms with Crippen molar-refractivity contribution in [1.82, 2.24) is 9.62 Å². The number of nitrogens with zero attached hydrogens (tertiary/aromatic N) is 2. The number of ether oxygens (including phenoxy) is 2. The largest absolute Gasteiger partial charge is 0.493 e. The van der Waals surface area contributed by atoms with Crippen molar-refractivity contribution in [2.24, 2.45) is 10.9 Å². The minimum absolute atomic E-state index is 0. The molecular formula is C18H31IN4O4S. The zero-order valence-corrected chi connectivity index (χ0v) is 20.0. The van der Waals surface area contributed by atoms with Crippen LogP contribution in [0.2, 0.25) is 0 Å². The first-order chi connectivity index (χ1) is 12.9. The fourth-order valence-electron chi connectivity index (χ4n) is 3.00. The third kappa shape index (κ3) is 7.28. The van der Waals surface area contributed by atoms with Gasteiger partial charge >= 0.3 is 0 Å². The summed E-state index contributed by atoms with van der Waals surface area (Å²) in [5.74, 6) is 2.38. The number of anilines is 1. The molecule has 0 aliphatic carbocycles. The van der Waals surface area contributed by atoms with Crippen molar-refractivity contribution < 1.29 is 17.9 Å². The smallest absolute Gasteiger partial charge is 0.211 e. The van der Waals surface area contributed by atoms with Crippen molar-refractivity contribution >= 4 is 45.6 Å². The van der Waals surface area contributed by atoms with Gasteiger partial charge in [-0.25, -0.2) is 12.7 Å². The minimum Gasteiger partial charge on any atom is -0.493 e. The van der Waals surface area contributed by atoms with E-state index in [1.54, 1.807) is 18.5 Å². The molecule has 0 atom stereocenters. The van der Waals surface area contributed by atoms with E-state index in [1.165, 1.54) is 6.26 Å². The summed E-state index contributed by atoms with van der Waals surface area (Å²) in [6.45, 7) is 4.54. The van der Waals surface area contributed by atoms with Crippen LogP contribution in [0.4, 0.5) is 5.69 Å². The molecule has 160 valence electrons. The second-order valence-corrected chi connectivity index (χ2v) is 8.50. The first-order valence-corrected chi connectivity index (χ1v) is 10.9. The Balaban J connectivity index is 0.00000392. The summed E-state index contributed by atoms with van der Waals surface area (Å²) in [7, 11) is 0.112. The van der Waals surface area contributed by atoms with Crippen LogP contribution in [0.5, 0.6) is 11.5 Å². The van der Waals surface area contributed by atoms with E-state index in [0.29, 0.717) is 43.0 Å². The molecule has 0 saturated carbocycles. The van der Waals surface area contributed by atoms with Crippen LogP contribution in [0.3, 0.4) is 0 Å². The molecule has 1 fully saturated rings. The van der Waals surface area contributed by atoms with Crippen molar-refractivity contribution in [1.29, 1.82) is 0 Å². The van der Waals surface area contributed by atoms with Crippen molar-refractivity contribution in [2.45, 2.75) is 19.8 Å². The number of hydrogen-bond acceptors (Lipinski definition) is 5. The van der Waals surface area contributed by atoms with Crippen molar-refractivity contribution in [3.8, 4) is 11.5 Å². The molecule has 0 radical (unpaired) electrons. The third-order valence-electron chi connectivity index (χ3n) is 4.54. The highest BCUT2D eigenvalue weighted by atomic mass is 127. The van der Waals surface area contributed by atoms with Gasteiger partial charge in [-0.15, -0.1) is 24.0 Å². The summed E-state index contributed by atoms with van der Waals surface area (Å²) in [6.07, 6.45) is 2.92. The van der Waals surface area contributed by atoms with E-state index >= 15 is 0 Å². The summed E-state index contributed by atoms with van der Waals surface area (Å²) in [4.78, 5) is 4.67. The van der Waals surface area contributed by atoms with Crippen LogP contribution >= 0.6 is 24.0 Å². The van der Waals surface area contributed by atoms with Gasteiger partial charge in [-0.3, -0.25) is 4.99 Å². The van der Waals surface area contributed by atoms with Crippen molar-refractivity contribution in [3.05, 3.63) is 18.2 Å². The van der Waals surface area contributed by atoms with Crippen LogP contribution in [-0.2, 0) is 10.0 Å². The molecule has 0 spiro atoms. The highest BCUT2D eigenvalue weighted by Gasteiger charge is 2.24. The van der Waals surface area contributed by atoms with Crippen LogP contribution in [-0.4, -0.2) is 65.3 Å². The van der Waals surface area contributed by atoms with Crippen LogP contribution in [0, 0.1) is 5.92 Å². The Morgan fingerprint density at radius 2 is 1.86 bits per heavy atom. The van der Waals surface area contributed by atoms with E-state index in [0.717, 1.165) is 25.1 Å². The quantitative estimate of drug-likeness (QED) is 0.322. The molecule has 1 aromatic carbocycles. The molecule has 0 unspecified atom stereocenters. The van der Waals surface area contributed by atoms with Gasteiger partial charge in [0.25, 0.3) is 0 Å². The zero-order valence-electron chi connectivity index (χ0n) is 16.9. The lowest BCUT2D eigenvalue weighted by molar-refractivity contribution is 0.280. The average Bonchev–Trinajstić information content (AvgIpc) is 2.65. The van der Waals surface area contributed by atoms with Crippen LogP contribution < -0.4 is 20.1 Å². The number of piperidine rings is 1. The predicted octanol–water partition coefficient (Wildman–Crippen LogP) is 2.37. The number of nitrogens with one attached hydrogen (secondary N) is 2. The lowest BCUT2D eigenvalue weighted by atomic mass is 9.98. The minimum atomic E-state index is -3.09. The average molecular weight is 526 g/mol. The summed E-state index contributed by atoms with van der Waals surface area (Å²) >= 11 is 0. The van der Waals surface area contributed by atoms with Gasteiger partial charge in [0.15, 0.2) is 17.5 Å². The van der Waals surface area contributed by atoms with Gasteiger partial charge in [0.1, 0.15) is 0 Å². The monoisotopic (exact) mass is 526 g/mol. The first-order valence-electron chi connectivity index (χ1n) is 9.09. The SMILES string of the molecule is CCNC(=NCC1CCN(S(C)(=O)=O)CC1)Nc1ccc(OC)c(OC)c1.I. The van der Waals surface area contributed by atoms with Gasteiger partial charge in [-0.05, 0) is 37.8 Å². The lowest BCUT2D eigenvalue weighted by Crippen LogP contribution is -2.38. The summed E-state index contributed by atoms with van der Waals surface area (Å²) in [5, 5.41) is 6.51. The van der Waals surface area contributed by atoms with E-state index in [9.17, 15) is 8.42 Å². The lowest BCUT2D eigenvalue weighted by Gasteiger charge is -2.29. The molecule has 2 N–H and O–H groups in total. The highest BCUT2D eigenvalue weighted by molar-refractivity contribution is 14.0.